The number of alkyl halides is 12. The highest BCUT2D eigenvalue weighted by Gasteiger charge is 2.76. The third-order valence-corrected chi connectivity index (χ3v) is 43.7. The summed E-state index contributed by atoms with van der Waals surface area (Å²) in [5, 5.41) is -1.55. The number of hydrogen-bond donors (Lipinski definition) is 0. The van der Waals surface area contributed by atoms with Crippen LogP contribution in [0.2, 0.25) is 0 Å². The van der Waals surface area contributed by atoms with Crippen molar-refractivity contribution in [2.45, 2.75) is 135 Å². The van der Waals surface area contributed by atoms with Crippen LogP contribution in [0.4, 0.5) is 52.7 Å². The molecular formula is C74H50F12I12O38S5-4. The highest BCUT2D eigenvalue weighted by Crippen LogP contribution is 2.63. The Labute approximate surface area is 949 Å². The summed E-state index contributed by atoms with van der Waals surface area (Å²) in [5.41, 5.74) is 0.818. The Hall–Kier alpha value is -1.52. The first-order valence-corrected chi connectivity index (χ1v) is 59.8. The first kappa shape index (κ1) is 117. The maximum atomic E-state index is 13.3. The summed E-state index contributed by atoms with van der Waals surface area (Å²) in [4.78, 5) is 140. The van der Waals surface area contributed by atoms with Gasteiger partial charge >= 0.3 is 90.4 Å². The second-order valence-corrected chi connectivity index (χ2v) is 54.4. The molecule has 6 saturated carbocycles. The van der Waals surface area contributed by atoms with Gasteiger partial charge in [-0.2, -0.15) is 61.1 Å². The average molecular weight is 3460 g/mol. The predicted molar refractivity (Wildman–Crippen MR) is 532 cm³/mol. The monoisotopic (exact) mass is 3460 g/mol. The molecule has 0 spiro atoms. The number of fused-ring (bicyclic) bond motifs is 4. The molecule has 0 aromatic heterocycles. The Bertz CT molecular complexity index is 6280. The Morgan fingerprint density at radius 1 is 0.340 bits per heavy atom. The smallest absolute Gasteiger partial charge is 0.426 e. The van der Waals surface area contributed by atoms with Crippen molar-refractivity contribution >= 4 is 387 Å². The van der Waals surface area contributed by atoms with E-state index < -0.39 is 332 Å². The molecule has 6 saturated heterocycles. The van der Waals surface area contributed by atoms with Crippen LogP contribution in [0, 0.1) is 120 Å². The zero-order valence-electron chi connectivity index (χ0n) is 67.9. The Kier molecular flexibility index (Phi) is 35.9. The summed E-state index contributed by atoms with van der Waals surface area (Å²) in [5.74, 6) is -34.4. The predicted octanol–water partition coefficient (Wildman–Crippen LogP) is 10.1. The summed E-state index contributed by atoms with van der Waals surface area (Å²) in [6.45, 7) is 0. The highest BCUT2D eigenvalue weighted by atomic mass is 127. The van der Waals surface area contributed by atoms with E-state index in [2.05, 4.69) is 18.9 Å². The fourth-order valence-electron chi connectivity index (χ4n) is 19.1. The number of esters is 11. The van der Waals surface area contributed by atoms with Gasteiger partial charge in [-0.05, 0) is 339 Å². The molecule has 776 valence electrons. The molecule has 4 aromatic carbocycles. The second kappa shape index (κ2) is 43.4. The van der Waals surface area contributed by atoms with Gasteiger partial charge in [-0.3, -0.25) is 37.7 Å². The number of halogens is 24. The van der Waals surface area contributed by atoms with E-state index in [1.165, 1.54) is 6.07 Å². The van der Waals surface area contributed by atoms with E-state index in [1.54, 1.807) is 24.3 Å². The fraction of sp³-hybridized carbons (Fsp3) is 0.527. The van der Waals surface area contributed by atoms with Crippen LogP contribution in [0.15, 0.2) is 48.5 Å². The molecule has 16 rings (SSSR count). The lowest BCUT2D eigenvalue weighted by molar-refractivity contribution is -0.220. The number of rotatable bonds is 24. The van der Waals surface area contributed by atoms with Gasteiger partial charge in [0.05, 0.1) is 103 Å². The van der Waals surface area contributed by atoms with Gasteiger partial charge in [0.15, 0.2) is 12.2 Å². The molecule has 0 radical (unpaired) electrons. The van der Waals surface area contributed by atoms with E-state index >= 15 is 0 Å². The minimum Gasteiger partial charge on any atom is -0.748 e. The molecule has 6 heterocycles. The molecule has 0 N–H and O–H groups in total. The summed E-state index contributed by atoms with van der Waals surface area (Å²) in [7, 11) is -26.1. The van der Waals surface area contributed by atoms with Gasteiger partial charge in [-0.15, -0.1) is 0 Å². The number of hydrogen-bond acceptors (Lipinski definition) is 38. The topological polar surface area (TPSA) is 571 Å². The lowest BCUT2D eigenvalue weighted by Gasteiger charge is -2.31. The molecule has 8 bridgehead atoms. The van der Waals surface area contributed by atoms with Crippen LogP contribution in [0.3, 0.4) is 0 Å². The zero-order chi connectivity index (χ0) is 105. The summed E-state index contributed by atoms with van der Waals surface area (Å²) in [6, 6.07) is 13.6. The lowest BCUT2D eigenvalue weighted by Crippen LogP contribution is -2.50. The van der Waals surface area contributed by atoms with Gasteiger partial charge < -0.3 is 75.1 Å². The zero-order valence-corrected chi connectivity index (χ0v) is 97.8. The number of carbonyl (C=O) groups is 11. The largest absolute Gasteiger partial charge is 0.748 e. The SMILES string of the molecule is O=C(OC1C2CC3C(OC(=O)C31)C2C(=O)OC(CS(=O)(=O)[O-])C(F)(F)F)c1cc(I)cc(I)c1I.O=C(OC1C2CC3C1OC(=O)C3C2C(=O)OC(CS(=O)(=O)[O-])C(F)(F)F)c1cc(I)cc(I)c1I.O=C(OC1C2CC3C1OS(=O)(=O)C3C2C(=O)OC(CS(=O)(=O)[O-])C(F)(F)F)c1cc(I)cc(I)c1I.O=C(OC1C2OC(=O)C3C2OC1C3C(=O)OC(CS(=O)(=O)[O-])C(F)(F)F)c1cc(I)cc(I)c1I. The van der Waals surface area contributed by atoms with Crippen molar-refractivity contribution < 1.29 is 227 Å². The molecule has 38 nitrogen and oxygen atoms in total. The van der Waals surface area contributed by atoms with Crippen molar-refractivity contribution in [3.05, 3.63) is 114 Å². The average Bonchev–Trinajstić information content (AvgIpc) is 1.52. The summed E-state index contributed by atoms with van der Waals surface area (Å²) < 4.78 is 389. The molecule has 12 aliphatic rings. The molecule has 28 unspecified atom stereocenters. The fourth-order valence-corrected chi connectivity index (χ4v) is 33.2. The highest BCUT2D eigenvalue weighted by molar-refractivity contribution is 14.1. The first-order chi connectivity index (χ1) is 64.6. The van der Waals surface area contributed by atoms with Crippen molar-refractivity contribution in [2.24, 2.45) is 76.9 Å². The van der Waals surface area contributed by atoms with Gasteiger partial charge in [0.25, 0.3) is 10.1 Å². The quantitative estimate of drug-likeness (QED) is 0.0120. The van der Waals surface area contributed by atoms with Crippen LogP contribution in [0.1, 0.15) is 60.7 Å². The van der Waals surface area contributed by atoms with Crippen molar-refractivity contribution in [3.8, 4) is 0 Å². The Morgan fingerprint density at radius 3 is 0.993 bits per heavy atom. The molecule has 0 amide bonds. The normalized spacial score (nSPS) is 30.5. The third kappa shape index (κ3) is 25.6. The van der Waals surface area contributed by atoms with E-state index in [0.717, 1.165) is 25.0 Å². The van der Waals surface area contributed by atoms with Crippen LogP contribution in [-0.4, -0.2) is 264 Å². The van der Waals surface area contributed by atoms with Crippen LogP contribution in [0.5, 0.6) is 0 Å². The molecule has 4 aromatic rings. The van der Waals surface area contributed by atoms with Gasteiger partial charge in [-0.1, -0.05) is 0 Å². The van der Waals surface area contributed by atoms with Crippen molar-refractivity contribution in [1.82, 2.24) is 0 Å². The van der Waals surface area contributed by atoms with Crippen molar-refractivity contribution in [3.63, 3.8) is 0 Å². The molecule has 6 aliphatic carbocycles. The standard InChI is InChI=1S/2C19H14F3I3O9S.C18H14F3I3O10S2.C18H12F3I3O10S/c20-19(21,22)10(4-35(29,30)31)32-17(27)11-6-3-7-12(18(28)34-15(7)11)14(6)33-16(26)8-1-5(23)2-9(24)13(8)25;20-19(21,22)10(4-35(29,30)31)32-17(27)11-6-3-7-12(11)18(28)34-15(7)14(6)33-16(26)8-1-5(23)2-9(24)13(8)25;19-18(20,21)10(4-35(27,28)29)32-17(26)11-6-3-8-14(34-36(30,31)15(8)11)13(6)33-16(25)7-1-5(22)2-9(23)12(7)24;19-18(20,21)7(3-35(28,29)30)31-16(26)8-9-12-14(34-17(9)27)13(11(8)32-12)33-15(25)5-1-4(22)2-6(23)10(5)24/h2*1-2,6-7,10-12,14-15H,3-4H2,(H,29,30,31);1-2,6,8,10-11,13-15H,3-4H2,(H,27,28,29);1-2,7-9,11-14H,3H2,(H,28,29,30)/p-4. The van der Waals surface area contributed by atoms with Gasteiger partial charge in [0.2, 0.25) is 24.4 Å². The molecule has 67 heteroatoms. The van der Waals surface area contributed by atoms with E-state index in [9.17, 15) is 166 Å². The number of benzene rings is 4. The first-order valence-electron chi connectivity index (χ1n) is 39.1. The Balaban J connectivity index is 0.000000158. The number of ether oxygens (including phenoxy) is 12. The Morgan fingerprint density at radius 2 is 0.624 bits per heavy atom. The minimum absolute atomic E-state index is 0.0102. The van der Waals surface area contributed by atoms with Gasteiger partial charge in [-0.25, -0.2) is 52.8 Å². The maximum Gasteiger partial charge on any atom is 0.426 e. The molecule has 12 fully saturated rings. The molecular weight excluding hydrogens is 3410 g/mol. The van der Waals surface area contributed by atoms with Crippen LogP contribution in [-0.2, 0) is 145 Å². The maximum absolute atomic E-state index is 13.3. The van der Waals surface area contributed by atoms with Crippen LogP contribution in [0.25, 0.3) is 0 Å². The van der Waals surface area contributed by atoms with Crippen LogP contribution < -0.4 is 0 Å². The van der Waals surface area contributed by atoms with Gasteiger partial charge in [0, 0.05) is 78.3 Å². The van der Waals surface area contributed by atoms with E-state index in [0.29, 0.717) is 17.9 Å². The lowest BCUT2D eigenvalue weighted by atomic mass is 9.78. The number of carbonyl (C=O) groups excluding carboxylic acids is 11. The minimum atomic E-state index is -5.45. The van der Waals surface area contributed by atoms with Crippen molar-refractivity contribution in [1.29, 1.82) is 0 Å². The summed E-state index contributed by atoms with van der Waals surface area (Å²) in [6.07, 6.45) is -45.5. The molecule has 141 heavy (non-hydrogen) atoms. The van der Waals surface area contributed by atoms with Gasteiger partial charge in [0.1, 0.15) is 77.8 Å². The van der Waals surface area contributed by atoms with E-state index in [4.69, 9.17) is 42.1 Å². The van der Waals surface area contributed by atoms with E-state index in [-0.39, 0.29) is 41.5 Å². The van der Waals surface area contributed by atoms with Crippen LogP contribution >= 0.6 is 271 Å². The molecule has 28 atom stereocenters. The van der Waals surface area contributed by atoms with Crippen molar-refractivity contribution in [2.75, 3.05) is 23.0 Å². The third-order valence-electron chi connectivity index (χ3n) is 24.4. The summed E-state index contributed by atoms with van der Waals surface area (Å²) >= 11 is 23.9. The van der Waals surface area contributed by atoms with E-state index in [1.807, 2.05) is 289 Å². The second-order valence-electron chi connectivity index (χ2n) is 32.9. The molecule has 6 aliphatic heterocycles.